The maximum absolute atomic E-state index is 4.28. The van der Waals surface area contributed by atoms with Crippen molar-refractivity contribution in [1.29, 1.82) is 0 Å². The van der Waals surface area contributed by atoms with Crippen LogP contribution in [0.1, 0.15) is 16.7 Å². The van der Waals surface area contributed by atoms with E-state index in [-0.39, 0.29) is 0 Å². The van der Waals surface area contributed by atoms with E-state index in [9.17, 15) is 0 Å². The van der Waals surface area contributed by atoms with E-state index in [1.54, 1.807) is 0 Å². The van der Waals surface area contributed by atoms with E-state index in [2.05, 4.69) is 123 Å². The predicted molar refractivity (Wildman–Crippen MR) is 155 cm³/mol. The second-order valence-corrected chi connectivity index (χ2v) is 9.09. The molecule has 6 aromatic rings. The molecule has 6 rings (SSSR count). The lowest BCUT2D eigenvalue weighted by atomic mass is 9.81. The third-order valence-electron chi connectivity index (χ3n) is 7.07. The van der Waals surface area contributed by atoms with Crippen LogP contribution in [-0.2, 0) is 0 Å². The zero-order chi connectivity index (χ0) is 23.9. The van der Waals surface area contributed by atoms with E-state index >= 15 is 0 Å². The minimum atomic E-state index is 1.12. The molecule has 0 radical (unpaired) electrons. The molecule has 0 N–H and O–H groups in total. The summed E-state index contributed by atoms with van der Waals surface area (Å²) in [6.45, 7) is 10.7. The molecule has 166 valence electrons. The highest BCUT2D eigenvalue weighted by molar-refractivity contribution is 6.17. The SMILES string of the molecule is C=Cc1c(C=C)c(-c2cccc3ccccc23)c2cc(C)ccc2c1-c1cccc2ccccc12. The first-order valence-corrected chi connectivity index (χ1v) is 12.0. The number of hydrogen-bond donors (Lipinski definition) is 0. The van der Waals surface area contributed by atoms with Gasteiger partial charge in [0.05, 0.1) is 0 Å². The molecule has 6 aromatic carbocycles. The molecule has 0 heterocycles. The fourth-order valence-corrected chi connectivity index (χ4v) is 5.53. The average Bonchev–Trinajstić information content (AvgIpc) is 2.91. The molecule has 0 heteroatoms. The molecule has 0 unspecified atom stereocenters. The van der Waals surface area contributed by atoms with E-state index in [4.69, 9.17) is 0 Å². The van der Waals surface area contributed by atoms with E-state index in [1.165, 1.54) is 60.1 Å². The molecule has 0 saturated heterocycles. The van der Waals surface area contributed by atoms with Crippen LogP contribution in [0.25, 0.3) is 66.7 Å². The van der Waals surface area contributed by atoms with Crippen molar-refractivity contribution < 1.29 is 0 Å². The normalized spacial score (nSPS) is 11.2. The summed E-state index contributed by atoms with van der Waals surface area (Å²) in [7, 11) is 0. The third-order valence-corrected chi connectivity index (χ3v) is 7.07. The highest BCUT2D eigenvalue weighted by Gasteiger charge is 2.21. The number of fused-ring (bicyclic) bond motifs is 3. The molecular formula is C35H26. The van der Waals surface area contributed by atoms with Gasteiger partial charge < -0.3 is 0 Å². The van der Waals surface area contributed by atoms with Crippen LogP contribution in [0.15, 0.2) is 116 Å². The lowest BCUT2D eigenvalue weighted by Crippen LogP contribution is -1.97. The van der Waals surface area contributed by atoms with Crippen LogP contribution in [0, 0.1) is 6.92 Å². The monoisotopic (exact) mass is 446 g/mol. The molecule has 35 heavy (non-hydrogen) atoms. The van der Waals surface area contributed by atoms with Crippen LogP contribution in [0.2, 0.25) is 0 Å². The van der Waals surface area contributed by atoms with Crippen LogP contribution >= 0.6 is 0 Å². The topological polar surface area (TPSA) is 0 Å². The minimum absolute atomic E-state index is 1.12. The molecule has 0 atom stereocenters. The summed E-state index contributed by atoms with van der Waals surface area (Å²) in [5.41, 5.74) is 8.36. The van der Waals surface area contributed by atoms with Crippen molar-refractivity contribution in [2.75, 3.05) is 0 Å². The van der Waals surface area contributed by atoms with Gasteiger partial charge in [-0.15, -0.1) is 0 Å². The third kappa shape index (κ3) is 3.30. The zero-order valence-corrected chi connectivity index (χ0v) is 19.9. The summed E-state index contributed by atoms with van der Waals surface area (Å²) in [6.07, 6.45) is 4.01. The second-order valence-electron chi connectivity index (χ2n) is 9.09. The van der Waals surface area contributed by atoms with Gasteiger partial charge in [0.25, 0.3) is 0 Å². The van der Waals surface area contributed by atoms with E-state index < -0.39 is 0 Å². The average molecular weight is 447 g/mol. The summed E-state index contributed by atoms with van der Waals surface area (Å²) >= 11 is 0. The maximum Gasteiger partial charge on any atom is -0.00203 e. The van der Waals surface area contributed by atoms with Crippen molar-refractivity contribution in [2.45, 2.75) is 6.92 Å². The number of aryl methyl sites for hydroxylation is 1. The van der Waals surface area contributed by atoms with E-state index in [0.717, 1.165) is 11.1 Å². The quantitative estimate of drug-likeness (QED) is 0.253. The van der Waals surface area contributed by atoms with Crippen molar-refractivity contribution in [3.05, 3.63) is 133 Å². The van der Waals surface area contributed by atoms with Gasteiger partial charge in [-0.25, -0.2) is 0 Å². The predicted octanol–water partition coefficient (Wildman–Crippen LogP) is 10.1. The lowest BCUT2D eigenvalue weighted by molar-refractivity contribution is 1.50. The Morgan fingerprint density at radius 2 is 0.971 bits per heavy atom. The molecule has 0 aliphatic heterocycles. The highest BCUT2D eigenvalue weighted by Crippen LogP contribution is 2.46. The zero-order valence-electron chi connectivity index (χ0n) is 19.9. The largest absolute Gasteiger partial charge is 0.0984 e. The molecule has 0 fully saturated rings. The van der Waals surface area contributed by atoms with Crippen LogP contribution in [-0.4, -0.2) is 0 Å². The Hall–Kier alpha value is -4.42. The van der Waals surface area contributed by atoms with Crippen molar-refractivity contribution in [3.63, 3.8) is 0 Å². The Kier molecular flexibility index (Phi) is 5.08. The summed E-state index contributed by atoms with van der Waals surface area (Å²) in [5, 5.41) is 7.43. The van der Waals surface area contributed by atoms with Gasteiger partial charge >= 0.3 is 0 Å². The molecule has 0 aliphatic rings. The fourth-order valence-electron chi connectivity index (χ4n) is 5.53. The van der Waals surface area contributed by atoms with Gasteiger partial charge in [-0.05, 0) is 72.6 Å². The highest BCUT2D eigenvalue weighted by atomic mass is 14.2. The Bertz CT molecular complexity index is 1770. The van der Waals surface area contributed by atoms with E-state index in [0.29, 0.717) is 0 Å². The van der Waals surface area contributed by atoms with Gasteiger partial charge in [-0.2, -0.15) is 0 Å². The number of rotatable bonds is 4. The van der Waals surface area contributed by atoms with Gasteiger partial charge in [-0.1, -0.05) is 134 Å². The van der Waals surface area contributed by atoms with Gasteiger partial charge in [0.2, 0.25) is 0 Å². The molecule has 0 bridgehead atoms. The Labute approximate surface area is 206 Å². The first-order valence-electron chi connectivity index (χ1n) is 12.0. The van der Waals surface area contributed by atoms with Crippen molar-refractivity contribution in [3.8, 4) is 22.3 Å². The minimum Gasteiger partial charge on any atom is -0.0984 e. The first kappa shape index (κ1) is 21.1. The molecular weight excluding hydrogens is 420 g/mol. The van der Waals surface area contributed by atoms with Crippen LogP contribution in [0.3, 0.4) is 0 Å². The lowest BCUT2D eigenvalue weighted by Gasteiger charge is -2.22. The number of hydrogen-bond acceptors (Lipinski definition) is 0. The van der Waals surface area contributed by atoms with Crippen LogP contribution < -0.4 is 0 Å². The molecule has 0 saturated carbocycles. The van der Waals surface area contributed by atoms with Crippen molar-refractivity contribution in [2.24, 2.45) is 0 Å². The molecule has 0 aliphatic carbocycles. The van der Waals surface area contributed by atoms with Gasteiger partial charge in [0.1, 0.15) is 0 Å². The van der Waals surface area contributed by atoms with Gasteiger partial charge in [-0.3, -0.25) is 0 Å². The number of benzene rings is 6. The Balaban J connectivity index is 1.85. The fraction of sp³-hybridized carbons (Fsp3) is 0.0286. The smallest absolute Gasteiger partial charge is 0.00203 e. The maximum atomic E-state index is 4.28. The van der Waals surface area contributed by atoms with Gasteiger partial charge in [0, 0.05) is 0 Å². The molecule has 0 aromatic heterocycles. The van der Waals surface area contributed by atoms with Crippen molar-refractivity contribution in [1.82, 2.24) is 0 Å². The molecule has 0 spiro atoms. The molecule has 0 amide bonds. The van der Waals surface area contributed by atoms with E-state index in [1.807, 2.05) is 12.2 Å². The second kappa shape index (κ2) is 8.42. The summed E-state index contributed by atoms with van der Waals surface area (Å²) < 4.78 is 0. The first-order chi connectivity index (χ1) is 17.2. The standard InChI is InChI=1S/C35H26/c1-4-26-27(5-2)35(31-19-11-15-25-13-7-9-17-29(25)31)33-22-23(3)20-21-32(33)34(26)30-18-10-14-24-12-6-8-16-28(24)30/h4-22H,1-2H2,3H3. The summed E-state index contributed by atoms with van der Waals surface area (Å²) in [6, 6.07) is 37.1. The van der Waals surface area contributed by atoms with Crippen LogP contribution in [0.5, 0.6) is 0 Å². The summed E-state index contributed by atoms with van der Waals surface area (Å²) in [4.78, 5) is 0. The van der Waals surface area contributed by atoms with Crippen LogP contribution in [0.4, 0.5) is 0 Å². The van der Waals surface area contributed by atoms with Gasteiger partial charge in [0.15, 0.2) is 0 Å². The van der Waals surface area contributed by atoms with Crippen molar-refractivity contribution >= 4 is 44.5 Å². The Morgan fingerprint density at radius 1 is 0.486 bits per heavy atom. The Morgan fingerprint density at radius 3 is 1.51 bits per heavy atom. The molecule has 0 nitrogen and oxygen atoms in total. The summed E-state index contributed by atoms with van der Waals surface area (Å²) in [5.74, 6) is 0.